The molecule has 1 N–H and O–H groups in total. The van der Waals surface area contributed by atoms with Crippen LogP contribution in [-0.4, -0.2) is 33.3 Å². The number of nitrogens with one attached hydrogen (secondary N) is 1. The molecule has 27 heavy (non-hydrogen) atoms. The number of pyridine rings is 1. The second-order valence-electron chi connectivity index (χ2n) is 7.37. The zero-order chi connectivity index (χ0) is 18.6. The van der Waals surface area contributed by atoms with Crippen LogP contribution >= 0.6 is 0 Å². The quantitative estimate of drug-likeness (QED) is 0.751. The van der Waals surface area contributed by atoms with Crippen LogP contribution in [0.2, 0.25) is 0 Å². The van der Waals surface area contributed by atoms with Gasteiger partial charge in [-0.1, -0.05) is 36.8 Å². The lowest BCUT2D eigenvalue weighted by atomic mass is 10.0. The van der Waals surface area contributed by atoms with Crippen LogP contribution in [0.15, 0.2) is 54.9 Å². The summed E-state index contributed by atoms with van der Waals surface area (Å²) in [5.41, 5.74) is 3.65. The molecule has 1 fully saturated rings. The molecule has 5 nitrogen and oxygen atoms in total. The second kappa shape index (κ2) is 7.92. The van der Waals surface area contributed by atoms with Gasteiger partial charge in [-0.3, -0.25) is 9.69 Å². The molecule has 0 spiro atoms. The number of aromatic nitrogens is 2. The standard InChI is InChI=1S/C22H26N4O/c1-17(23-22(27)20-16-26-14-6-3-7-21(26)24-20)19-10-8-18(9-11-19)15-25-12-4-2-5-13-25/h3,6-11,14,16-17H,2,4-5,12-13,15H2,1H3,(H,23,27)/t17-/m1/s1. The SMILES string of the molecule is C[C@@H](NC(=O)c1cn2ccccc2n1)c1ccc(CN2CCCCC2)cc1. The molecule has 4 rings (SSSR count). The summed E-state index contributed by atoms with van der Waals surface area (Å²) in [6, 6.07) is 14.3. The Bertz CT molecular complexity index is 876. The zero-order valence-corrected chi connectivity index (χ0v) is 15.8. The van der Waals surface area contributed by atoms with Crippen molar-refractivity contribution in [2.24, 2.45) is 0 Å². The van der Waals surface area contributed by atoms with E-state index in [-0.39, 0.29) is 11.9 Å². The molecule has 1 aliphatic heterocycles. The Hall–Kier alpha value is -2.66. The molecule has 2 aromatic heterocycles. The van der Waals surface area contributed by atoms with Gasteiger partial charge in [0.2, 0.25) is 0 Å². The minimum Gasteiger partial charge on any atom is -0.344 e. The predicted octanol–water partition coefficient (Wildman–Crippen LogP) is 3.81. The average Bonchev–Trinajstić information content (AvgIpc) is 3.14. The second-order valence-corrected chi connectivity index (χ2v) is 7.37. The Morgan fingerprint density at radius 2 is 1.89 bits per heavy atom. The molecule has 0 aliphatic carbocycles. The number of amides is 1. The number of rotatable bonds is 5. The Morgan fingerprint density at radius 3 is 2.63 bits per heavy atom. The van der Waals surface area contributed by atoms with E-state index < -0.39 is 0 Å². The van der Waals surface area contributed by atoms with Gasteiger partial charge in [-0.2, -0.15) is 0 Å². The maximum atomic E-state index is 12.5. The fraction of sp³-hybridized carbons (Fsp3) is 0.364. The van der Waals surface area contributed by atoms with Gasteiger partial charge >= 0.3 is 0 Å². The topological polar surface area (TPSA) is 49.6 Å². The van der Waals surface area contributed by atoms with E-state index in [2.05, 4.69) is 39.5 Å². The number of benzene rings is 1. The number of piperidine rings is 1. The molecular formula is C22H26N4O. The highest BCUT2D eigenvalue weighted by Crippen LogP contribution is 2.17. The van der Waals surface area contributed by atoms with Gasteiger partial charge in [-0.15, -0.1) is 0 Å². The normalized spacial score (nSPS) is 16.3. The van der Waals surface area contributed by atoms with Crippen LogP contribution in [0.3, 0.4) is 0 Å². The van der Waals surface area contributed by atoms with Crippen molar-refractivity contribution < 1.29 is 4.79 Å². The third-order valence-electron chi connectivity index (χ3n) is 5.28. The van der Waals surface area contributed by atoms with Crippen LogP contribution in [0.25, 0.3) is 5.65 Å². The number of imidazole rings is 1. The molecular weight excluding hydrogens is 336 g/mol. The van der Waals surface area contributed by atoms with Crippen LogP contribution in [0.5, 0.6) is 0 Å². The van der Waals surface area contributed by atoms with Crippen LogP contribution in [0, 0.1) is 0 Å². The summed E-state index contributed by atoms with van der Waals surface area (Å²) in [5, 5.41) is 3.05. The number of carbonyl (C=O) groups is 1. The molecule has 0 radical (unpaired) electrons. The smallest absolute Gasteiger partial charge is 0.271 e. The molecule has 3 aromatic rings. The Balaban J connectivity index is 1.38. The largest absolute Gasteiger partial charge is 0.344 e. The van der Waals surface area contributed by atoms with Crippen molar-refractivity contribution >= 4 is 11.6 Å². The van der Waals surface area contributed by atoms with Crippen LogP contribution in [0.1, 0.15) is 53.8 Å². The first-order valence-electron chi connectivity index (χ1n) is 9.75. The minimum absolute atomic E-state index is 0.0636. The maximum Gasteiger partial charge on any atom is 0.271 e. The van der Waals surface area contributed by atoms with E-state index in [0.29, 0.717) is 5.69 Å². The lowest BCUT2D eigenvalue weighted by Crippen LogP contribution is -2.29. The van der Waals surface area contributed by atoms with Crippen LogP contribution < -0.4 is 5.32 Å². The first-order chi connectivity index (χ1) is 13.2. The lowest BCUT2D eigenvalue weighted by Gasteiger charge is -2.26. The summed E-state index contributed by atoms with van der Waals surface area (Å²) in [6.45, 7) is 5.43. The van der Waals surface area contributed by atoms with Crippen LogP contribution in [0.4, 0.5) is 0 Å². The van der Waals surface area contributed by atoms with E-state index in [1.807, 2.05) is 35.7 Å². The van der Waals surface area contributed by atoms with Gasteiger partial charge in [-0.25, -0.2) is 4.98 Å². The molecule has 1 amide bonds. The van der Waals surface area contributed by atoms with Gasteiger partial charge < -0.3 is 9.72 Å². The summed E-state index contributed by atoms with van der Waals surface area (Å²) in [4.78, 5) is 19.4. The number of fused-ring (bicyclic) bond motifs is 1. The number of nitrogens with zero attached hydrogens (tertiary/aromatic N) is 3. The molecule has 0 bridgehead atoms. The molecule has 3 heterocycles. The molecule has 1 aliphatic rings. The summed E-state index contributed by atoms with van der Waals surface area (Å²) in [7, 11) is 0. The number of carbonyl (C=O) groups excluding carboxylic acids is 1. The minimum atomic E-state index is -0.149. The van der Waals surface area contributed by atoms with Crippen molar-refractivity contribution in [2.75, 3.05) is 13.1 Å². The lowest BCUT2D eigenvalue weighted by molar-refractivity contribution is 0.0935. The van der Waals surface area contributed by atoms with Gasteiger partial charge in [0, 0.05) is 18.9 Å². The Labute approximate surface area is 160 Å². The van der Waals surface area contributed by atoms with Gasteiger partial charge in [-0.05, 0) is 56.1 Å². The van der Waals surface area contributed by atoms with Gasteiger partial charge in [0.1, 0.15) is 11.3 Å². The predicted molar refractivity (Wildman–Crippen MR) is 107 cm³/mol. The van der Waals surface area contributed by atoms with E-state index in [0.717, 1.165) is 17.8 Å². The molecule has 1 saturated heterocycles. The molecule has 5 heteroatoms. The summed E-state index contributed by atoms with van der Waals surface area (Å²) >= 11 is 0. The highest BCUT2D eigenvalue weighted by atomic mass is 16.2. The Morgan fingerprint density at radius 1 is 1.11 bits per heavy atom. The molecule has 0 saturated carbocycles. The Kier molecular flexibility index (Phi) is 5.21. The van der Waals surface area contributed by atoms with Crippen molar-refractivity contribution in [1.29, 1.82) is 0 Å². The van der Waals surface area contributed by atoms with E-state index in [1.54, 1.807) is 6.20 Å². The third kappa shape index (κ3) is 4.19. The van der Waals surface area contributed by atoms with Crippen molar-refractivity contribution in [2.45, 2.75) is 38.8 Å². The summed E-state index contributed by atoms with van der Waals surface area (Å²) in [6.07, 6.45) is 7.64. The van der Waals surface area contributed by atoms with E-state index >= 15 is 0 Å². The summed E-state index contributed by atoms with van der Waals surface area (Å²) in [5.74, 6) is -0.149. The van der Waals surface area contributed by atoms with Crippen molar-refractivity contribution in [3.05, 3.63) is 71.7 Å². The fourth-order valence-corrected chi connectivity index (χ4v) is 3.69. The first-order valence-corrected chi connectivity index (χ1v) is 9.75. The third-order valence-corrected chi connectivity index (χ3v) is 5.28. The van der Waals surface area contributed by atoms with Gasteiger partial charge in [0.25, 0.3) is 5.91 Å². The number of hydrogen-bond donors (Lipinski definition) is 1. The van der Waals surface area contributed by atoms with E-state index in [1.165, 1.54) is 37.9 Å². The van der Waals surface area contributed by atoms with Gasteiger partial charge in [0.05, 0.1) is 6.04 Å². The highest BCUT2D eigenvalue weighted by molar-refractivity contribution is 5.93. The summed E-state index contributed by atoms with van der Waals surface area (Å²) < 4.78 is 1.86. The maximum absolute atomic E-state index is 12.5. The fourth-order valence-electron chi connectivity index (χ4n) is 3.69. The molecule has 0 unspecified atom stereocenters. The van der Waals surface area contributed by atoms with Crippen molar-refractivity contribution in [1.82, 2.24) is 19.6 Å². The van der Waals surface area contributed by atoms with Crippen molar-refractivity contribution in [3.8, 4) is 0 Å². The number of likely N-dealkylation sites (tertiary alicyclic amines) is 1. The average molecular weight is 362 g/mol. The zero-order valence-electron chi connectivity index (χ0n) is 15.8. The van der Waals surface area contributed by atoms with Crippen LogP contribution in [-0.2, 0) is 6.54 Å². The van der Waals surface area contributed by atoms with Gasteiger partial charge in [0.15, 0.2) is 0 Å². The number of hydrogen-bond acceptors (Lipinski definition) is 3. The van der Waals surface area contributed by atoms with E-state index in [4.69, 9.17) is 0 Å². The monoisotopic (exact) mass is 362 g/mol. The highest BCUT2D eigenvalue weighted by Gasteiger charge is 2.15. The molecule has 140 valence electrons. The molecule has 1 aromatic carbocycles. The van der Waals surface area contributed by atoms with Crippen molar-refractivity contribution in [3.63, 3.8) is 0 Å². The first kappa shape index (κ1) is 17.7. The molecule has 1 atom stereocenters. The van der Waals surface area contributed by atoms with E-state index in [9.17, 15) is 4.79 Å².